The number of aromatic nitrogens is 3. The smallest absolute Gasteiger partial charge is 0.289 e. The van der Waals surface area contributed by atoms with Gasteiger partial charge in [0, 0.05) is 49.7 Å². The van der Waals surface area contributed by atoms with Crippen LogP contribution in [0.15, 0.2) is 69.7 Å². The minimum absolute atomic E-state index is 0.151. The van der Waals surface area contributed by atoms with Gasteiger partial charge in [0.1, 0.15) is 5.69 Å². The van der Waals surface area contributed by atoms with Gasteiger partial charge in [-0.15, -0.1) is 0 Å². The third kappa shape index (κ3) is 4.04. The monoisotopic (exact) mass is 395 g/mol. The lowest BCUT2D eigenvalue weighted by Gasteiger charge is -2.34. The molecule has 0 atom stereocenters. The van der Waals surface area contributed by atoms with Crippen LogP contribution in [0.5, 0.6) is 0 Å². The molecular weight excluding hydrogens is 378 g/mol. The minimum Gasteiger partial charge on any atom is -0.459 e. The minimum atomic E-state index is -0.156. The van der Waals surface area contributed by atoms with E-state index in [1.54, 1.807) is 52.7 Å². The summed E-state index contributed by atoms with van der Waals surface area (Å²) >= 11 is 1.37. The Morgan fingerprint density at radius 2 is 1.61 bits per heavy atom. The average Bonchev–Trinajstić information content (AvgIpc) is 3.29. The maximum Gasteiger partial charge on any atom is 0.289 e. The highest BCUT2D eigenvalue weighted by molar-refractivity contribution is 7.99. The van der Waals surface area contributed by atoms with Crippen LogP contribution in [-0.2, 0) is 0 Å². The predicted octanol–water partition coefficient (Wildman–Crippen LogP) is 2.21. The fourth-order valence-electron chi connectivity index (χ4n) is 2.87. The first kappa shape index (κ1) is 18.2. The van der Waals surface area contributed by atoms with E-state index in [1.165, 1.54) is 18.0 Å². The van der Waals surface area contributed by atoms with E-state index in [-0.39, 0.29) is 11.8 Å². The summed E-state index contributed by atoms with van der Waals surface area (Å²) in [7, 11) is 0. The predicted molar refractivity (Wildman–Crippen MR) is 101 cm³/mol. The summed E-state index contributed by atoms with van der Waals surface area (Å²) < 4.78 is 5.16. The third-order valence-electron chi connectivity index (χ3n) is 4.29. The van der Waals surface area contributed by atoms with Gasteiger partial charge < -0.3 is 14.2 Å². The van der Waals surface area contributed by atoms with Gasteiger partial charge in [-0.3, -0.25) is 14.6 Å². The summed E-state index contributed by atoms with van der Waals surface area (Å²) in [5.74, 6) is 0.00677. The molecule has 0 unspecified atom stereocenters. The molecule has 4 rings (SSSR count). The van der Waals surface area contributed by atoms with Crippen LogP contribution in [-0.4, -0.2) is 62.7 Å². The number of hydrogen-bond acceptors (Lipinski definition) is 7. The van der Waals surface area contributed by atoms with Gasteiger partial charge in [-0.25, -0.2) is 9.97 Å². The lowest BCUT2D eigenvalue weighted by molar-refractivity contribution is 0.0515. The van der Waals surface area contributed by atoms with Crippen LogP contribution in [0.25, 0.3) is 0 Å². The molecule has 4 heterocycles. The van der Waals surface area contributed by atoms with Crippen molar-refractivity contribution in [3.05, 3.63) is 66.6 Å². The number of piperazine rings is 1. The van der Waals surface area contributed by atoms with Crippen LogP contribution in [0.4, 0.5) is 0 Å². The van der Waals surface area contributed by atoms with Crippen molar-refractivity contribution in [2.45, 2.75) is 10.1 Å². The van der Waals surface area contributed by atoms with E-state index in [9.17, 15) is 9.59 Å². The molecule has 1 saturated heterocycles. The normalized spacial score (nSPS) is 14.1. The molecule has 0 bridgehead atoms. The largest absolute Gasteiger partial charge is 0.459 e. The maximum absolute atomic E-state index is 12.8. The van der Waals surface area contributed by atoms with Crippen molar-refractivity contribution in [3.63, 3.8) is 0 Å². The molecule has 1 aliphatic rings. The van der Waals surface area contributed by atoms with Crippen molar-refractivity contribution in [2.24, 2.45) is 0 Å². The summed E-state index contributed by atoms with van der Waals surface area (Å²) in [6.07, 6.45) is 6.43. The molecular formula is C19H17N5O3S. The van der Waals surface area contributed by atoms with E-state index >= 15 is 0 Å². The molecule has 0 aliphatic carbocycles. The molecule has 0 radical (unpaired) electrons. The number of amides is 2. The number of hydrogen-bond donors (Lipinski definition) is 0. The van der Waals surface area contributed by atoms with E-state index in [2.05, 4.69) is 15.0 Å². The van der Waals surface area contributed by atoms with Crippen LogP contribution in [0.2, 0.25) is 0 Å². The van der Waals surface area contributed by atoms with Crippen molar-refractivity contribution in [2.75, 3.05) is 26.2 Å². The number of pyridine rings is 1. The fourth-order valence-corrected chi connectivity index (χ4v) is 3.60. The van der Waals surface area contributed by atoms with E-state index in [0.717, 1.165) is 4.90 Å². The molecule has 8 nitrogen and oxygen atoms in total. The molecule has 1 fully saturated rings. The van der Waals surface area contributed by atoms with Crippen LogP contribution in [0.1, 0.15) is 21.0 Å². The second-order valence-electron chi connectivity index (χ2n) is 6.07. The second-order valence-corrected chi connectivity index (χ2v) is 7.11. The number of furan rings is 1. The number of rotatable bonds is 4. The van der Waals surface area contributed by atoms with Gasteiger partial charge >= 0.3 is 0 Å². The van der Waals surface area contributed by atoms with Gasteiger partial charge in [0.25, 0.3) is 11.8 Å². The van der Waals surface area contributed by atoms with Crippen molar-refractivity contribution in [1.29, 1.82) is 0 Å². The molecule has 142 valence electrons. The van der Waals surface area contributed by atoms with Crippen molar-refractivity contribution < 1.29 is 14.0 Å². The molecule has 3 aromatic heterocycles. The Kier molecular flexibility index (Phi) is 5.34. The lowest BCUT2D eigenvalue weighted by atomic mass is 10.2. The Morgan fingerprint density at radius 3 is 2.29 bits per heavy atom. The Labute approximate surface area is 165 Å². The Morgan fingerprint density at radius 1 is 0.893 bits per heavy atom. The topological polar surface area (TPSA) is 92.4 Å². The quantitative estimate of drug-likeness (QED) is 0.625. The molecule has 1 aliphatic heterocycles. The maximum atomic E-state index is 12.8. The third-order valence-corrected chi connectivity index (χ3v) is 5.17. The SMILES string of the molecule is O=C(c1cc(Sc2ncccn2)ccn1)N1CCN(C(=O)c2ccco2)CC1. The second kappa shape index (κ2) is 8.22. The van der Waals surface area contributed by atoms with Gasteiger partial charge in [0.05, 0.1) is 6.26 Å². The molecule has 0 saturated carbocycles. The van der Waals surface area contributed by atoms with E-state index in [0.29, 0.717) is 42.8 Å². The van der Waals surface area contributed by atoms with E-state index in [4.69, 9.17) is 4.42 Å². The zero-order chi connectivity index (χ0) is 19.3. The summed E-state index contributed by atoms with van der Waals surface area (Å²) in [4.78, 5) is 41.9. The molecule has 9 heteroatoms. The van der Waals surface area contributed by atoms with Gasteiger partial charge in [-0.2, -0.15) is 0 Å². The first-order valence-electron chi connectivity index (χ1n) is 8.74. The standard InChI is InChI=1S/C19H17N5O3S/c25-17(15-13-14(4-7-20-15)28-19-21-5-2-6-22-19)23-8-10-24(11-9-23)18(26)16-3-1-12-27-16/h1-7,12-13H,8-11H2. The zero-order valence-corrected chi connectivity index (χ0v) is 15.7. The van der Waals surface area contributed by atoms with Crippen LogP contribution in [0, 0.1) is 0 Å². The summed E-state index contributed by atoms with van der Waals surface area (Å²) in [5, 5.41) is 0.608. The fraction of sp³-hybridized carbons (Fsp3) is 0.211. The highest BCUT2D eigenvalue weighted by Gasteiger charge is 2.27. The zero-order valence-electron chi connectivity index (χ0n) is 14.9. The Hall–Kier alpha value is -3.20. The molecule has 2 amide bonds. The lowest BCUT2D eigenvalue weighted by Crippen LogP contribution is -2.50. The van der Waals surface area contributed by atoms with Gasteiger partial charge in [0.2, 0.25) is 0 Å². The van der Waals surface area contributed by atoms with Crippen LogP contribution >= 0.6 is 11.8 Å². The molecule has 3 aromatic rings. The number of carbonyl (C=O) groups is 2. The van der Waals surface area contributed by atoms with Gasteiger partial charge in [-0.1, -0.05) is 0 Å². The van der Waals surface area contributed by atoms with Gasteiger partial charge in [0.15, 0.2) is 10.9 Å². The van der Waals surface area contributed by atoms with Gasteiger partial charge in [-0.05, 0) is 42.1 Å². The summed E-state index contributed by atoms with van der Waals surface area (Å²) in [5.41, 5.74) is 0.367. The van der Waals surface area contributed by atoms with Crippen LogP contribution in [0.3, 0.4) is 0 Å². The highest BCUT2D eigenvalue weighted by Crippen LogP contribution is 2.24. The van der Waals surface area contributed by atoms with E-state index < -0.39 is 0 Å². The number of carbonyl (C=O) groups excluding carboxylic acids is 2. The van der Waals surface area contributed by atoms with E-state index in [1.807, 2.05) is 6.07 Å². The summed E-state index contributed by atoms with van der Waals surface area (Å²) in [6.45, 7) is 1.81. The van der Waals surface area contributed by atoms with Crippen molar-refractivity contribution in [1.82, 2.24) is 24.8 Å². The molecule has 0 aromatic carbocycles. The number of nitrogens with zero attached hydrogens (tertiary/aromatic N) is 5. The molecule has 0 spiro atoms. The highest BCUT2D eigenvalue weighted by atomic mass is 32.2. The Balaban J connectivity index is 1.39. The van der Waals surface area contributed by atoms with Crippen molar-refractivity contribution in [3.8, 4) is 0 Å². The van der Waals surface area contributed by atoms with Crippen molar-refractivity contribution >= 4 is 23.6 Å². The average molecular weight is 395 g/mol. The Bertz CT molecular complexity index is 957. The molecule has 0 N–H and O–H groups in total. The first-order valence-corrected chi connectivity index (χ1v) is 9.55. The first-order chi connectivity index (χ1) is 13.7. The van der Waals surface area contributed by atoms with Crippen LogP contribution < -0.4 is 0 Å². The molecule has 28 heavy (non-hydrogen) atoms. The summed E-state index contributed by atoms with van der Waals surface area (Å²) in [6, 6.07) is 8.64.